The molecule has 30 heavy (non-hydrogen) atoms. The monoisotopic (exact) mass is 427 g/mol. The van der Waals surface area contributed by atoms with E-state index in [9.17, 15) is 13.2 Å². The molecule has 0 radical (unpaired) electrons. The Kier molecular flexibility index (Phi) is 6.51. The molecule has 0 aliphatic rings. The lowest BCUT2D eigenvalue weighted by molar-refractivity contribution is -0.119. The van der Waals surface area contributed by atoms with Crippen molar-refractivity contribution in [1.29, 1.82) is 0 Å². The van der Waals surface area contributed by atoms with E-state index in [1.165, 1.54) is 17.3 Å². The number of aromatic nitrogens is 3. The van der Waals surface area contributed by atoms with Crippen molar-refractivity contribution in [3.05, 3.63) is 66.7 Å². The molecule has 0 bridgehead atoms. The topological polar surface area (TPSA) is 106 Å². The number of rotatable bonds is 8. The molecule has 2 atom stereocenters. The lowest BCUT2D eigenvalue weighted by Gasteiger charge is -2.13. The Morgan fingerprint density at radius 1 is 1.03 bits per heavy atom. The van der Waals surface area contributed by atoms with Gasteiger partial charge < -0.3 is 5.32 Å². The Labute approximate surface area is 176 Å². The quantitative estimate of drug-likeness (QED) is 0.569. The van der Waals surface area contributed by atoms with Crippen molar-refractivity contribution >= 4 is 27.3 Å². The molecule has 0 spiro atoms. The highest BCUT2D eigenvalue weighted by Gasteiger charge is 2.17. The highest BCUT2D eigenvalue weighted by atomic mass is 32.2. The van der Waals surface area contributed by atoms with Crippen molar-refractivity contribution in [2.45, 2.75) is 44.0 Å². The van der Waals surface area contributed by atoms with Gasteiger partial charge in [0, 0.05) is 11.4 Å². The molecule has 8 nitrogen and oxygen atoms in total. The third kappa shape index (κ3) is 5.04. The van der Waals surface area contributed by atoms with Crippen LogP contribution in [0, 0.1) is 0 Å². The summed E-state index contributed by atoms with van der Waals surface area (Å²) in [5.74, 6) is 0.125. The lowest BCUT2D eigenvalue weighted by Crippen LogP contribution is -2.24. The maximum Gasteiger partial charge on any atom is 0.261 e. The third-order valence-electron chi connectivity index (χ3n) is 4.99. The number of nitrogens with zero attached hydrogens (tertiary/aromatic N) is 3. The first kappa shape index (κ1) is 21.5. The Bertz CT molecular complexity index is 1080. The van der Waals surface area contributed by atoms with E-state index in [0.717, 1.165) is 12.0 Å². The van der Waals surface area contributed by atoms with E-state index in [2.05, 4.69) is 34.0 Å². The smallest absolute Gasteiger partial charge is 0.261 e. The Balaban J connectivity index is 1.65. The molecule has 158 valence electrons. The predicted molar refractivity (Wildman–Crippen MR) is 116 cm³/mol. The van der Waals surface area contributed by atoms with E-state index < -0.39 is 16.1 Å². The fourth-order valence-electron chi connectivity index (χ4n) is 2.83. The van der Waals surface area contributed by atoms with Crippen LogP contribution in [0.2, 0.25) is 0 Å². The molecule has 0 aliphatic carbocycles. The van der Waals surface area contributed by atoms with Crippen LogP contribution in [0.3, 0.4) is 0 Å². The second kappa shape index (κ2) is 9.08. The van der Waals surface area contributed by atoms with Gasteiger partial charge in [-0.3, -0.25) is 9.52 Å². The molecule has 9 heteroatoms. The number of benzene rings is 2. The van der Waals surface area contributed by atoms with Crippen molar-refractivity contribution < 1.29 is 13.2 Å². The molecule has 0 aliphatic heterocycles. The van der Waals surface area contributed by atoms with E-state index in [-0.39, 0.29) is 10.8 Å². The van der Waals surface area contributed by atoms with Crippen molar-refractivity contribution in [3.8, 4) is 0 Å². The zero-order chi connectivity index (χ0) is 21.7. The molecule has 0 saturated carbocycles. The normalized spacial score (nSPS) is 13.4. The van der Waals surface area contributed by atoms with Gasteiger partial charge >= 0.3 is 0 Å². The van der Waals surface area contributed by atoms with Crippen LogP contribution in [0.15, 0.2) is 66.1 Å². The van der Waals surface area contributed by atoms with E-state index in [0.29, 0.717) is 17.3 Å². The van der Waals surface area contributed by atoms with Gasteiger partial charge in [0.15, 0.2) is 0 Å². The van der Waals surface area contributed by atoms with Crippen LogP contribution in [0.25, 0.3) is 0 Å². The fraction of sp³-hybridized carbons (Fsp3) is 0.286. The summed E-state index contributed by atoms with van der Waals surface area (Å²) in [7, 11) is -3.70. The molecular weight excluding hydrogens is 402 g/mol. The first-order chi connectivity index (χ1) is 14.3. The number of nitrogens with one attached hydrogen (secondary N) is 2. The van der Waals surface area contributed by atoms with Gasteiger partial charge in [0.25, 0.3) is 10.0 Å². The molecular formula is C21H25N5O3S. The van der Waals surface area contributed by atoms with E-state index in [1.807, 2.05) is 12.1 Å². The van der Waals surface area contributed by atoms with Gasteiger partial charge in [0.2, 0.25) is 5.91 Å². The van der Waals surface area contributed by atoms with Crippen LogP contribution < -0.4 is 10.0 Å². The van der Waals surface area contributed by atoms with Gasteiger partial charge in [-0.15, -0.1) is 0 Å². The second-order valence-electron chi connectivity index (χ2n) is 7.10. The first-order valence-corrected chi connectivity index (χ1v) is 11.2. The zero-order valence-corrected chi connectivity index (χ0v) is 17.9. The van der Waals surface area contributed by atoms with Gasteiger partial charge in [-0.1, -0.05) is 26.0 Å². The van der Waals surface area contributed by atoms with Gasteiger partial charge in [-0.2, -0.15) is 5.10 Å². The van der Waals surface area contributed by atoms with Crippen molar-refractivity contribution in [2.24, 2.45) is 0 Å². The van der Waals surface area contributed by atoms with Gasteiger partial charge in [0.1, 0.15) is 18.7 Å². The molecule has 2 aromatic carbocycles. The maximum atomic E-state index is 12.6. The van der Waals surface area contributed by atoms with Crippen LogP contribution in [0.5, 0.6) is 0 Å². The van der Waals surface area contributed by atoms with E-state index in [4.69, 9.17) is 0 Å². The van der Waals surface area contributed by atoms with E-state index in [1.54, 1.807) is 43.3 Å². The molecule has 1 amide bonds. The van der Waals surface area contributed by atoms with Crippen LogP contribution in [-0.2, 0) is 14.8 Å². The SMILES string of the molecule is CC[C@@H](C)c1ccc(S(=O)(=O)Nc2ccc(NC(=O)[C@@H](C)n3cncn3)cc2)cc1. The average molecular weight is 428 g/mol. The highest BCUT2D eigenvalue weighted by Crippen LogP contribution is 2.23. The standard InChI is InChI=1S/C21H25N5O3S/c1-4-15(2)17-5-11-20(12-6-17)30(28,29)25-19-9-7-18(8-10-19)24-21(27)16(3)26-14-22-13-23-26/h5-16,25H,4H2,1-3H3,(H,24,27)/t15-,16-/m1/s1. The average Bonchev–Trinajstić information content (AvgIpc) is 3.28. The maximum absolute atomic E-state index is 12.6. The second-order valence-corrected chi connectivity index (χ2v) is 8.78. The minimum atomic E-state index is -3.70. The van der Waals surface area contributed by atoms with Gasteiger partial charge in [0.05, 0.1) is 4.90 Å². The van der Waals surface area contributed by atoms with E-state index >= 15 is 0 Å². The largest absolute Gasteiger partial charge is 0.324 e. The van der Waals surface area contributed by atoms with Crippen molar-refractivity contribution in [2.75, 3.05) is 10.0 Å². The predicted octanol–water partition coefficient (Wildman–Crippen LogP) is 3.79. The molecule has 2 N–H and O–H groups in total. The van der Waals surface area contributed by atoms with Crippen molar-refractivity contribution in [1.82, 2.24) is 14.8 Å². The first-order valence-electron chi connectivity index (χ1n) is 9.68. The number of sulfonamides is 1. The summed E-state index contributed by atoms with van der Waals surface area (Å²) in [6.07, 6.45) is 3.82. The third-order valence-corrected chi connectivity index (χ3v) is 6.39. The number of hydrogen-bond donors (Lipinski definition) is 2. The summed E-state index contributed by atoms with van der Waals surface area (Å²) < 4.78 is 29.3. The molecule has 1 heterocycles. The number of amides is 1. The summed E-state index contributed by atoms with van der Waals surface area (Å²) in [6, 6.07) is 12.9. The van der Waals surface area contributed by atoms with Crippen LogP contribution >= 0.6 is 0 Å². The Morgan fingerprint density at radius 3 is 2.23 bits per heavy atom. The Morgan fingerprint density at radius 2 is 1.67 bits per heavy atom. The molecule has 0 unspecified atom stereocenters. The lowest BCUT2D eigenvalue weighted by atomic mass is 9.99. The molecule has 0 fully saturated rings. The zero-order valence-electron chi connectivity index (χ0n) is 17.1. The van der Waals surface area contributed by atoms with Crippen LogP contribution in [0.4, 0.5) is 11.4 Å². The number of hydrogen-bond acceptors (Lipinski definition) is 5. The fourth-order valence-corrected chi connectivity index (χ4v) is 3.89. The number of carbonyl (C=O) groups excluding carboxylic acids is 1. The molecule has 1 aromatic heterocycles. The molecule has 0 saturated heterocycles. The summed E-state index contributed by atoms with van der Waals surface area (Å²) in [5.41, 5.74) is 2.06. The number of anilines is 2. The summed E-state index contributed by atoms with van der Waals surface area (Å²) in [4.78, 5) is 16.3. The minimum absolute atomic E-state index is 0.202. The van der Waals surface area contributed by atoms with Gasteiger partial charge in [-0.05, 0) is 61.2 Å². The minimum Gasteiger partial charge on any atom is -0.324 e. The molecule has 3 aromatic rings. The van der Waals surface area contributed by atoms with Crippen LogP contribution in [0.1, 0.15) is 44.7 Å². The highest BCUT2D eigenvalue weighted by molar-refractivity contribution is 7.92. The Hall–Kier alpha value is -3.20. The van der Waals surface area contributed by atoms with Gasteiger partial charge in [-0.25, -0.2) is 18.1 Å². The summed E-state index contributed by atoms with van der Waals surface area (Å²) in [5, 5.41) is 6.72. The summed E-state index contributed by atoms with van der Waals surface area (Å²) in [6.45, 7) is 5.91. The molecule has 3 rings (SSSR count). The van der Waals surface area contributed by atoms with Crippen molar-refractivity contribution in [3.63, 3.8) is 0 Å². The number of carbonyl (C=O) groups is 1. The van der Waals surface area contributed by atoms with Crippen LogP contribution in [-0.4, -0.2) is 29.1 Å². The summed E-state index contributed by atoms with van der Waals surface area (Å²) >= 11 is 0.